The fourth-order valence-electron chi connectivity index (χ4n) is 3.94. The summed E-state index contributed by atoms with van der Waals surface area (Å²) in [5.74, 6) is 2.00. The molecule has 6 nitrogen and oxygen atoms in total. The number of hydrogen-bond acceptors (Lipinski definition) is 5. The van der Waals surface area contributed by atoms with E-state index in [-0.39, 0.29) is 30.2 Å². The first kappa shape index (κ1) is 19.9. The van der Waals surface area contributed by atoms with Crippen molar-refractivity contribution >= 4 is 24.3 Å². The standard InChI is InChI=1S/C18H29N5O.ClH/c1-12(2)15-11-16(22-18(19)21-15)17(24)23-9-5-14(6-10-23)13-3-7-20-8-4-13;/h11-14,20H,3-10H2,1-2H3,(H2,19,21,22);1H. The third-order valence-electron chi connectivity index (χ3n) is 5.45. The van der Waals surface area contributed by atoms with E-state index in [1.54, 1.807) is 6.07 Å². The minimum absolute atomic E-state index is 0. The summed E-state index contributed by atoms with van der Waals surface area (Å²) in [4.78, 5) is 23.1. The first-order valence-corrected chi connectivity index (χ1v) is 9.19. The van der Waals surface area contributed by atoms with E-state index in [9.17, 15) is 4.79 Å². The van der Waals surface area contributed by atoms with Gasteiger partial charge in [0.1, 0.15) is 5.69 Å². The van der Waals surface area contributed by atoms with Crippen LogP contribution in [0.2, 0.25) is 0 Å². The maximum absolute atomic E-state index is 12.8. The molecule has 0 radical (unpaired) electrons. The summed E-state index contributed by atoms with van der Waals surface area (Å²) in [6.45, 7) is 8.02. The van der Waals surface area contributed by atoms with Crippen molar-refractivity contribution in [1.82, 2.24) is 20.2 Å². The molecule has 2 fully saturated rings. The highest BCUT2D eigenvalue weighted by Crippen LogP contribution is 2.31. The van der Waals surface area contributed by atoms with Crippen molar-refractivity contribution in [1.29, 1.82) is 0 Å². The topological polar surface area (TPSA) is 84.1 Å². The third-order valence-corrected chi connectivity index (χ3v) is 5.45. The average molecular weight is 368 g/mol. The lowest BCUT2D eigenvalue weighted by Crippen LogP contribution is -2.42. The number of nitrogens with two attached hydrogens (primary N) is 1. The van der Waals surface area contributed by atoms with Gasteiger partial charge >= 0.3 is 0 Å². The van der Waals surface area contributed by atoms with E-state index in [4.69, 9.17) is 5.73 Å². The first-order valence-electron chi connectivity index (χ1n) is 9.19. The average Bonchev–Trinajstić information content (AvgIpc) is 2.61. The van der Waals surface area contributed by atoms with Gasteiger partial charge in [-0.2, -0.15) is 0 Å². The highest BCUT2D eigenvalue weighted by atomic mass is 35.5. The molecular formula is C18H30ClN5O. The number of carbonyl (C=O) groups excluding carboxylic acids is 1. The maximum atomic E-state index is 12.8. The van der Waals surface area contributed by atoms with Gasteiger partial charge in [-0.25, -0.2) is 9.97 Å². The minimum Gasteiger partial charge on any atom is -0.368 e. The van der Waals surface area contributed by atoms with Crippen LogP contribution in [0.5, 0.6) is 0 Å². The lowest BCUT2D eigenvalue weighted by Gasteiger charge is -2.37. The number of piperidine rings is 2. The summed E-state index contributed by atoms with van der Waals surface area (Å²) >= 11 is 0. The van der Waals surface area contributed by atoms with Gasteiger partial charge in [0.05, 0.1) is 0 Å². The zero-order valence-corrected chi connectivity index (χ0v) is 16.0. The molecule has 2 saturated heterocycles. The molecule has 3 N–H and O–H groups in total. The SMILES string of the molecule is CC(C)c1cc(C(=O)N2CCC(C3CCNCC3)CC2)nc(N)n1.Cl. The van der Waals surface area contributed by atoms with E-state index < -0.39 is 0 Å². The Hall–Kier alpha value is -1.40. The molecule has 0 aliphatic carbocycles. The number of halogens is 1. The lowest BCUT2D eigenvalue weighted by atomic mass is 9.79. The number of carbonyl (C=O) groups is 1. The van der Waals surface area contributed by atoms with Gasteiger partial charge in [-0.3, -0.25) is 4.79 Å². The molecule has 0 aromatic carbocycles. The van der Waals surface area contributed by atoms with Crippen LogP contribution in [0, 0.1) is 11.8 Å². The minimum atomic E-state index is -0.00485. The van der Waals surface area contributed by atoms with Crippen LogP contribution in [0.3, 0.4) is 0 Å². The van der Waals surface area contributed by atoms with Crippen molar-refractivity contribution in [2.75, 3.05) is 31.9 Å². The molecule has 7 heteroatoms. The number of rotatable bonds is 3. The zero-order chi connectivity index (χ0) is 17.1. The summed E-state index contributed by atoms with van der Waals surface area (Å²) < 4.78 is 0. The normalized spacial score (nSPS) is 19.7. The van der Waals surface area contributed by atoms with E-state index in [0.717, 1.165) is 56.6 Å². The molecule has 3 rings (SSSR count). The van der Waals surface area contributed by atoms with Gasteiger partial charge in [0.2, 0.25) is 5.95 Å². The number of anilines is 1. The quantitative estimate of drug-likeness (QED) is 0.857. The van der Waals surface area contributed by atoms with Gasteiger partial charge in [-0.1, -0.05) is 13.8 Å². The molecule has 0 atom stereocenters. The Kier molecular flexibility index (Phi) is 7.02. The molecule has 1 amide bonds. The van der Waals surface area contributed by atoms with Crippen LogP contribution >= 0.6 is 12.4 Å². The molecule has 3 heterocycles. The predicted octanol–water partition coefficient (Wildman–Crippen LogP) is 2.46. The number of amides is 1. The van der Waals surface area contributed by atoms with Crippen molar-refractivity contribution in [2.45, 2.75) is 45.4 Å². The smallest absolute Gasteiger partial charge is 0.272 e. The van der Waals surface area contributed by atoms with E-state index >= 15 is 0 Å². The second-order valence-electron chi connectivity index (χ2n) is 7.41. The molecule has 1 aromatic heterocycles. The van der Waals surface area contributed by atoms with Gasteiger partial charge in [0, 0.05) is 18.8 Å². The monoisotopic (exact) mass is 367 g/mol. The van der Waals surface area contributed by atoms with Crippen molar-refractivity contribution in [3.8, 4) is 0 Å². The Bertz CT molecular complexity index is 581. The Morgan fingerprint density at radius 2 is 1.76 bits per heavy atom. The summed E-state index contributed by atoms with van der Waals surface area (Å²) in [6.07, 6.45) is 4.76. The molecule has 0 saturated carbocycles. The van der Waals surface area contributed by atoms with Crippen molar-refractivity contribution in [3.05, 3.63) is 17.5 Å². The predicted molar refractivity (Wildman–Crippen MR) is 102 cm³/mol. The van der Waals surface area contributed by atoms with Gasteiger partial charge in [-0.05, 0) is 62.6 Å². The van der Waals surface area contributed by atoms with Crippen LogP contribution in [-0.4, -0.2) is 47.0 Å². The molecule has 0 bridgehead atoms. The van der Waals surface area contributed by atoms with E-state index in [1.165, 1.54) is 12.8 Å². The fraction of sp³-hybridized carbons (Fsp3) is 0.722. The first-order chi connectivity index (χ1) is 11.5. The summed E-state index contributed by atoms with van der Waals surface area (Å²) in [5.41, 5.74) is 7.05. The second-order valence-corrected chi connectivity index (χ2v) is 7.41. The zero-order valence-electron chi connectivity index (χ0n) is 15.2. The molecule has 140 valence electrons. The van der Waals surface area contributed by atoms with Crippen LogP contribution in [0.4, 0.5) is 5.95 Å². The molecule has 1 aromatic rings. The number of likely N-dealkylation sites (tertiary alicyclic amines) is 1. The Morgan fingerprint density at radius 3 is 2.36 bits per heavy atom. The van der Waals surface area contributed by atoms with Crippen molar-refractivity contribution in [3.63, 3.8) is 0 Å². The van der Waals surface area contributed by atoms with Gasteiger partial charge in [-0.15, -0.1) is 12.4 Å². The Labute approximate surface area is 156 Å². The van der Waals surface area contributed by atoms with Gasteiger partial charge < -0.3 is 16.0 Å². The van der Waals surface area contributed by atoms with E-state index in [1.807, 2.05) is 18.7 Å². The molecule has 0 unspecified atom stereocenters. The van der Waals surface area contributed by atoms with Crippen LogP contribution in [0.15, 0.2) is 6.07 Å². The van der Waals surface area contributed by atoms with Crippen LogP contribution in [-0.2, 0) is 0 Å². The number of hydrogen-bond donors (Lipinski definition) is 2. The number of nitrogens with zero attached hydrogens (tertiary/aromatic N) is 3. The van der Waals surface area contributed by atoms with Crippen molar-refractivity contribution < 1.29 is 4.79 Å². The highest BCUT2D eigenvalue weighted by molar-refractivity contribution is 5.92. The van der Waals surface area contributed by atoms with Crippen LogP contribution < -0.4 is 11.1 Å². The van der Waals surface area contributed by atoms with Crippen LogP contribution in [0.25, 0.3) is 0 Å². The summed E-state index contributed by atoms with van der Waals surface area (Å²) in [5, 5.41) is 3.43. The number of nitrogen functional groups attached to an aromatic ring is 1. The van der Waals surface area contributed by atoms with Crippen LogP contribution in [0.1, 0.15) is 61.6 Å². The molecule has 2 aliphatic rings. The van der Waals surface area contributed by atoms with Gasteiger partial charge in [0.15, 0.2) is 0 Å². The Balaban J connectivity index is 0.00000225. The number of aromatic nitrogens is 2. The van der Waals surface area contributed by atoms with E-state index in [0.29, 0.717) is 5.69 Å². The molecule has 2 aliphatic heterocycles. The Morgan fingerprint density at radius 1 is 1.16 bits per heavy atom. The second kappa shape index (κ2) is 8.81. The fourth-order valence-corrected chi connectivity index (χ4v) is 3.94. The summed E-state index contributed by atoms with van der Waals surface area (Å²) in [7, 11) is 0. The largest absolute Gasteiger partial charge is 0.368 e. The number of nitrogens with one attached hydrogen (secondary N) is 1. The van der Waals surface area contributed by atoms with E-state index in [2.05, 4.69) is 15.3 Å². The molecular weight excluding hydrogens is 338 g/mol. The van der Waals surface area contributed by atoms with Crippen molar-refractivity contribution in [2.24, 2.45) is 11.8 Å². The third kappa shape index (κ3) is 4.82. The lowest BCUT2D eigenvalue weighted by molar-refractivity contribution is 0.0636. The maximum Gasteiger partial charge on any atom is 0.272 e. The molecule has 25 heavy (non-hydrogen) atoms. The van der Waals surface area contributed by atoms with Gasteiger partial charge in [0.25, 0.3) is 5.91 Å². The summed E-state index contributed by atoms with van der Waals surface area (Å²) in [6, 6.07) is 1.79. The highest BCUT2D eigenvalue weighted by Gasteiger charge is 2.30. The molecule has 0 spiro atoms.